The lowest BCUT2D eigenvalue weighted by Crippen LogP contribution is -2.15. The first-order valence-corrected chi connectivity index (χ1v) is 8.40. The summed E-state index contributed by atoms with van der Waals surface area (Å²) in [6, 6.07) is 8.44. The summed E-state index contributed by atoms with van der Waals surface area (Å²) >= 11 is 6.29. The molecule has 20 heavy (non-hydrogen) atoms. The molecule has 0 radical (unpaired) electrons. The van der Waals surface area contributed by atoms with Crippen LogP contribution in [0.2, 0.25) is 0 Å². The topological polar surface area (TPSA) is 72.2 Å². The van der Waals surface area contributed by atoms with Crippen molar-refractivity contribution in [3.63, 3.8) is 0 Å². The average Bonchev–Trinajstić information content (AvgIpc) is 2.30. The Balaban J connectivity index is 2.50. The van der Waals surface area contributed by atoms with Gasteiger partial charge in [0.25, 0.3) is 10.0 Å². The van der Waals surface area contributed by atoms with E-state index in [1.807, 2.05) is 0 Å². The average molecular weight is 424 g/mol. The maximum Gasteiger partial charge on any atom is 0.264 e. The normalized spacial score (nSPS) is 11.3. The summed E-state index contributed by atoms with van der Waals surface area (Å²) in [7, 11) is -3.95. The van der Waals surface area contributed by atoms with Crippen LogP contribution in [0.1, 0.15) is 0 Å². The number of nitrogen functional groups attached to an aromatic ring is 1. The zero-order chi connectivity index (χ0) is 14.9. The van der Waals surface area contributed by atoms with Crippen LogP contribution in [0.25, 0.3) is 0 Å². The number of para-hydroxylation sites is 1. The van der Waals surface area contributed by atoms with Gasteiger partial charge in [0.15, 0.2) is 0 Å². The first kappa shape index (κ1) is 15.3. The van der Waals surface area contributed by atoms with Crippen LogP contribution >= 0.6 is 31.9 Å². The molecule has 2 aromatic carbocycles. The highest BCUT2D eigenvalue weighted by atomic mass is 79.9. The van der Waals surface area contributed by atoms with Gasteiger partial charge in [0.1, 0.15) is 10.7 Å². The maximum atomic E-state index is 13.5. The lowest BCUT2D eigenvalue weighted by atomic mass is 10.3. The highest BCUT2D eigenvalue weighted by molar-refractivity contribution is 9.11. The van der Waals surface area contributed by atoms with Gasteiger partial charge in [-0.1, -0.05) is 12.1 Å². The van der Waals surface area contributed by atoms with Gasteiger partial charge in [-0.05, 0) is 56.1 Å². The van der Waals surface area contributed by atoms with E-state index in [0.717, 1.165) is 0 Å². The van der Waals surface area contributed by atoms with Gasteiger partial charge in [0, 0.05) is 14.6 Å². The number of sulfonamides is 1. The Kier molecular flexibility index (Phi) is 4.36. The molecule has 0 aromatic heterocycles. The molecular formula is C12H9Br2FN2O2S. The van der Waals surface area contributed by atoms with Gasteiger partial charge in [-0.3, -0.25) is 4.72 Å². The quantitative estimate of drug-likeness (QED) is 0.738. The Labute approximate surface area is 132 Å². The molecule has 0 unspecified atom stereocenters. The molecule has 106 valence electrons. The minimum absolute atomic E-state index is 0.0463. The van der Waals surface area contributed by atoms with Crippen molar-refractivity contribution in [2.45, 2.75) is 4.90 Å². The van der Waals surface area contributed by atoms with Crippen LogP contribution in [0.15, 0.2) is 50.2 Å². The fourth-order valence-corrected chi connectivity index (χ4v) is 5.26. The molecule has 0 fully saturated rings. The zero-order valence-corrected chi connectivity index (χ0v) is 13.9. The highest BCUT2D eigenvalue weighted by Gasteiger charge is 2.22. The van der Waals surface area contributed by atoms with E-state index in [-0.39, 0.29) is 19.5 Å². The molecule has 2 aromatic rings. The molecule has 0 saturated heterocycles. The third-order valence-corrected chi connectivity index (χ3v) is 5.65. The van der Waals surface area contributed by atoms with Crippen LogP contribution in [0.4, 0.5) is 15.8 Å². The van der Waals surface area contributed by atoms with E-state index in [1.165, 1.54) is 36.4 Å². The number of rotatable bonds is 3. The summed E-state index contributed by atoms with van der Waals surface area (Å²) in [4.78, 5) is -0.0463. The molecule has 0 aliphatic carbocycles. The summed E-state index contributed by atoms with van der Waals surface area (Å²) in [5.41, 5.74) is 5.89. The third kappa shape index (κ3) is 3.13. The number of hydrogen-bond donors (Lipinski definition) is 2. The monoisotopic (exact) mass is 422 g/mol. The Morgan fingerprint density at radius 1 is 1.10 bits per heavy atom. The summed E-state index contributed by atoms with van der Waals surface area (Å²) in [5, 5.41) is 0. The van der Waals surface area contributed by atoms with Crippen LogP contribution in [0.3, 0.4) is 0 Å². The molecule has 0 aliphatic rings. The molecule has 8 heteroatoms. The lowest BCUT2D eigenvalue weighted by Gasteiger charge is -2.12. The van der Waals surface area contributed by atoms with Crippen LogP contribution < -0.4 is 10.5 Å². The van der Waals surface area contributed by atoms with Gasteiger partial charge >= 0.3 is 0 Å². The Bertz CT molecular complexity index is 743. The predicted octanol–water partition coefficient (Wildman–Crippen LogP) is 3.73. The van der Waals surface area contributed by atoms with Crippen molar-refractivity contribution < 1.29 is 12.8 Å². The van der Waals surface area contributed by atoms with Crippen molar-refractivity contribution in [3.8, 4) is 0 Å². The standard InChI is InChI=1S/C12H9Br2FN2O2S/c13-8-5-7(16)6-9(14)12(8)20(18,19)17-11-4-2-1-3-10(11)15/h1-6,17H,16H2. The molecule has 2 rings (SSSR count). The van der Waals surface area contributed by atoms with Gasteiger partial charge in [-0.15, -0.1) is 0 Å². The van der Waals surface area contributed by atoms with E-state index < -0.39 is 15.8 Å². The molecule has 0 bridgehead atoms. The van der Waals surface area contributed by atoms with E-state index in [1.54, 1.807) is 0 Å². The predicted molar refractivity (Wildman–Crippen MR) is 83.5 cm³/mol. The Hall–Kier alpha value is -1.12. The van der Waals surface area contributed by atoms with Crippen molar-refractivity contribution >= 4 is 53.3 Å². The van der Waals surface area contributed by atoms with Gasteiger partial charge in [0.05, 0.1) is 5.69 Å². The van der Waals surface area contributed by atoms with Crippen molar-refractivity contribution in [2.75, 3.05) is 10.5 Å². The van der Waals surface area contributed by atoms with Crippen LogP contribution in [-0.4, -0.2) is 8.42 Å². The number of halogens is 3. The summed E-state index contributed by atoms with van der Waals surface area (Å²) < 4.78 is 41.0. The molecule has 4 nitrogen and oxygen atoms in total. The van der Waals surface area contributed by atoms with Gasteiger partial charge in [0.2, 0.25) is 0 Å². The summed E-state index contributed by atoms with van der Waals surface area (Å²) in [6.07, 6.45) is 0. The van der Waals surface area contributed by atoms with Crippen molar-refractivity contribution in [3.05, 3.63) is 51.2 Å². The summed E-state index contributed by atoms with van der Waals surface area (Å²) in [6.45, 7) is 0. The van der Waals surface area contributed by atoms with E-state index in [0.29, 0.717) is 5.69 Å². The van der Waals surface area contributed by atoms with Gasteiger partial charge in [-0.2, -0.15) is 0 Å². The number of anilines is 2. The van der Waals surface area contributed by atoms with Crippen molar-refractivity contribution in [1.29, 1.82) is 0 Å². The van der Waals surface area contributed by atoms with Crippen molar-refractivity contribution in [2.24, 2.45) is 0 Å². The maximum absolute atomic E-state index is 13.5. The van der Waals surface area contributed by atoms with Gasteiger partial charge in [-0.25, -0.2) is 12.8 Å². The fourth-order valence-electron chi connectivity index (χ4n) is 1.58. The van der Waals surface area contributed by atoms with Crippen LogP contribution in [-0.2, 0) is 10.0 Å². The highest BCUT2D eigenvalue weighted by Crippen LogP contribution is 2.33. The first-order chi connectivity index (χ1) is 9.31. The number of benzene rings is 2. The second-order valence-corrected chi connectivity index (χ2v) is 7.23. The van der Waals surface area contributed by atoms with Gasteiger partial charge < -0.3 is 5.73 Å². The second-order valence-electron chi connectivity index (χ2n) is 3.90. The van der Waals surface area contributed by atoms with E-state index in [4.69, 9.17) is 5.73 Å². The third-order valence-electron chi connectivity index (χ3n) is 2.41. The fraction of sp³-hybridized carbons (Fsp3) is 0. The Morgan fingerprint density at radius 3 is 2.20 bits per heavy atom. The number of hydrogen-bond acceptors (Lipinski definition) is 3. The first-order valence-electron chi connectivity index (χ1n) is 5.33. The minimum Gasteiger partial charge on any atom is -0.399 e. The molecular weight excluding hydrogens is 415 g/mol. The molecule has 3 N–H and O–H groups in total. The molecule has 0 aliphatic heterocycles. The molecule has 0 spiro atoms. The largest absolute Gasteiger partial charge is 0.399 e. The van der Waals surface area contributed by atoms with Crippen LogP contribution in [0.5, 0.6) is 0 Å². The Morgan fingerprint density at radius 2 is 1.65 bits per heavy atom. The summed E-state index contributed by atoms with van der Waals surface area (Å²) in [5.74, 6) is -0.654. The SMILES string of the molecule is Nc1cc(Br)c(S(=O)(=O)Nc2ccccc2F)c(Br)c1. The van der Waals surface area contributed by atoms with E-state index in [2.05, 4.69) is 36.6 Å². The van der Waals surface area contributed by atoms with E-state index in [9.17, 15) is 12.8 Å². The van der Waals surface area contributed by atoms with E-state index >= 15 is 0 Å². The molecule has 0 heterocycles. The minimum atomic E-state index is -3.95. The number of nitrogens with one attached hydrogen (secondary N) is 1. The number of nitrogens with two attached hydrogens (primary N) is 1. The molecule has 0 amide bonds. The second kappa shape index (κ2) is 5.71. The molecule has 0 saturated carbocycles. The van der Waals surface area contributed by atoms with Crippen LogP contribution in [0, 0.1) is 5.82 Å². The lowest BCUT2D eigenvalue weighted by molar-refractivity contribution is 0.597. The van der Waals surface area contributed by atoms with Crippen molar-refractivity contribution in [1.82, 2.24) is 0 Å². The zero-order valence-electron chi connectivity index (χ0n) is 9.90. The smallest absolute Gasteiger partial charge is 0.264 e. The molecule has 0 atom stereocenters.